The van der Waals surface area contributed by atoms with Crippen molar-refractivity contribution in [2.75, 3.05) is 0 Å². The largest absolute Gasteiger partial charge is 0.475 e. The van der Waals surface area contributed by atoms with Crippen LogP contribution in [0.5, 0.6) is 0 Å². The number of hydrogen-bond acceptors (Lipinski definition) is 6. The molecular weight excluding hydrogens is 284 g/mol. The van der Waals surface area contributed by atoms with Gasteiger partial charge in [0.15, 0.2) is 5.09 Å². The number of carboxylic acid groups (broad SMARTS) is 1. The van der Waals surface area contributed by atoms with E-state index in [0.717, 1.165) is 11.8 Å². The van der Waals surface area contributed by atoms with Gasteiger partial charge in [0.05, 0.1) is 4.92 Å². The first kappa shape index (κ1) is 13.6. The molecular formula is C12H6N2O5S. The normalized spacial score (nSPS) is 9.95. The van der Waals surface area contributed by atoms with Crippen LogP contribution in [0.1, 0.15) is 16.1 Å². The molecule has 1 N–H and O–H groups in total. The molecule has 0 amide bonds. The molecule has 2 aromatic rings. The van der Waals surface area contributed by atoms with Gasteiger partial charge in [-0.25, -0.2) is 4.79 Å². The fourth-order valence-corrected chi connectivity index (χ4v) is 2.25. The van der Waals surface area contributed by atoms with E-state index in [4.69, 9.17) is 14.8 Å². The Morgan fingerprint density at radius 1 is 1.40 bits per heavy atom. The molecule has 0 aliphatic heterocycles. The van der Waals surface area contributed by atoms with Crippen LogP contribution < -0.4 is 0 Å². The van der Waals surface area contributed by atoms with Crippen molar-refractivity contribution in [1.82, 2.24) is 0 Å². The maximum atomic E-state index is 10.7. The van der Waals surface area contributed by atoms with Crippen molar-refractivity contribution < 1.29 is 19.2 Å². The van der Waals surface area contributed by atoms with Crippen LogP contribution in [0.25, 0.3) is 0 Å². The van der Waals surface area contributed by atoms with E-state index in [0.29, 0.717) is 9.99 Å². The molecule has 8 heteroatoms. The lowest BCUT2D eigenvalue weighted by Crippen LogP contribution is -1.92. The van der Waals surface area contributed by atoms with E-state index in [1.54, 1.807) is 6.07 Å². The summed E-state index contributed by atoms with van der Waals surface area (Å²) in [5.41, 5.74) is -0.340. The molecule has 0 saturated carbocycles. The van der Waals surface area contributed by atoms with Gasteiger partial charge in [0, 0.05) is 11.0 Å². The molecule has 100 valence electrons. The number of rotatable bonds is 4. The van der Waals surface area contributed by atoms with Crippen LogP contribution in [0.4, 0.5) is 5.69 Å². The number of carbonyl (C=O) groups is 1. The Hall–Kier alpha value is -2.79. The van der Waals surface area contributed by atoms with Crippen LogP contribution >= 0.6 is 11.8 Å². The van der Waals surface area contributed by atoms with Crippen LogP contribution in [0.2, 0.25) is 0 Å². The molecule has 2 rings (SSSR count). The number of nitriles is 1. The SMILES string of the molecule is N#Cc1cc(Sc2ccc(C(=O)O)o2)ccc1[N+](=O)[O-]. The van der Waals surface area contributed by atoms with Crippen molar-refractivity contribution in [3.05, 3.63) is 51.8 Å². The van der Waals surface area contributed by atoms with Crippen molar-refractivity contribution in [3.8, 4) is 6.07 Å². The van der Waals surface area contributed by atoms with Gasteiger partial charge in [0.25, 0.3) is 5.69 Å². The minimum Gasteiger partial charge on any atom is -0.475 e. The van der Waals surface area contributed by atoms with E-state index in [2.05, 4.69) is 0 Å². The minimum absolute atomic E-state index is 0.0648. The lowest BCUT2D eigenvalue weighted by molar-refractivity contribution is -0.385. The van der Waals surface area contributed by atoms with Crippen LogP contribution in [0.3, 0.4) is 0 Å². The number of nitro benzene ring substituents is 1. The van der Waals surface area contributed by atoms with Crippen molar-refractivity contribution in [2.24, 2.45) is 0 Å². The summed E-state index contributed by atoms with van der Waals surface area (Å²) in [6.45, 7) is 0. The topological polar surface area (TPSA) is 117 Å². The van der Waals surface area contributed by atoms with Gasteiger partial charge in [0.2, 0.25) is 5.76 Å². The fourth-order valence-electron chi connectivity index (χ4n) is 1.43. The molecule has 0 spiro atoms. The Morgan fingerprint density at radius 3 is 2.70 bits per heavy atom. The Labute approximate surface area is 116 Å². The highest BCUT2D eigenvalue weighted by Gasteiger charge is 2.15. The minimum atomic E-state index is -1.18. The van der Waals surface area contributed by atoms with Gasteiger partial charge in [-0.1, -0.05) is 11.8 Å². The summed E-state index contributed by atoms with van der Waals surface area (Å²) in [6, 6.07) is 8.57. The van der Waals surface area contributed by atoms with Gasteiger partial charge in [-0.15, -0.1) is 0 Å². The number of benzene rings is 1. The van der Waals surface area contributed by atoms with Crippen LogP contribution in [0, 0.1) is 21.4 Å². The average molecular weight is 290 g/mol. The van der Waals surface area contributed by atoms with E-state index in [1.807, 2.05) is 0 Å². The first-order valence-corrected chi connectivity index (χ1v) is 6.02. The molecule has 1 aromatic carbocycles. The molecule has 20 heavy (non-hydrogen) atoms. The lowest BCUT2D eigenvalue weighted by atomic mass is 10.2. The second kappa shape index (κ2) is 5.46. The summed E-state index contributed by atoms with van der Waals surface area (Å²) in [5.74, 6) is -1.38. The summed E-state index contributed by atoms with van der Waals surface area (Å²) >= 11 is 1.07. The van der Waals surface area contributed by atoms with Crippen molar-refractivity contribution in [3.63, 3.8) is 0 Å². The zero-order valence-corrected chi connectivity index (χ0v) is 10.6. The molecule has 0 radical (unpaired) electrons. The van der Waals surface area contributed by atoms with Crippen molar-refractivity contribution in [2.45, 2.75) is 9.99 Å². The average Bonchev–Trinajstić information content (AvgIpc) is 2.87. The number of nitrogens with zero attached hydrogens (tertiary/aromatic N) is 2. The van der Waals surface area contributed by atoms with Gasteiger partial charge >= 0.3 is 5.97 Å². The van der Waals surface area contributed by atoms with Gasteiger partial charge in [-0.3, -0.25) is 10.1 Å². The molecule has 7 nitrogen and oxygen atoms in total. The highest BCUT2D eigenvalue weighted by molar-refractivity contribution is 7.99. The molecule has 1 aromatic heterocycles. The van der Waals surface area contributed by atoms with Crippen LogP contribution in [-0.2, 0) is 0 Å². The van der Waals surface area contributed by atoms with Crippen molar-refractivity contribution >= 4 is 23.4 Å². The first-order valence-electron chi connectivity index (χ1n) is 5.21. The predicted molar refractivity (Wildman–Crippen MR) is 67.6 cm³/mol. The summed E-state index contributed by atoms with van der Waals surface area (Å²) in [6.07, 6.45) is 0. The van der Waals surface area contributed by atoms with E-state index < -0.39 is 10.9 Å². The quantitative estimate of drug-likeness (QED) is 0.679. The zero-order chi connectivity index (χ0) is 14.7. The van der Waals surface area contributed by atoms with E-state index in [-0.39, 0.29) is 17.0 Å². The number of furan rings is 1. The van der Waals surface area contributed by atoms with Gasteiger partial charge in [0.1, 0.15) is 11.6 Å². The lowest BCUT2D eigenvalue weighted by Gasteiger charge is -1.99. The molecule has 0 aliphatic rings. The second-order valence-corrected chi connectivity index (χ2v) is 4.65. The number of hydrogen-bond donors (Lipinski definition) is 1. The third-order valence-corrected chi connectivity index (χ3v) is 3.21. The van der Waals surface area contributed by atoms with E-state index >= 15 is 0 Å². The van der Waals surface area contributed by atoms with Gasteiger partial charge in [-0.2, -0.15) is 5.26 Å². The standard InChI is InChI=1S/C12H6N2O5S/c13-6-7-5-8(1-2-9(7)14(17)18)20-11-4-3-10(19-11)12(15)16/h1-5H,(H,15,16). The number of nitro groups is 1. The van der Waals surface area contributed by atoms with Crippen molar-refractivity contribution in [1.29, 1.82) is 5.26 Å². The third-order valence-electron chi connectivity index (χ3n) is 2.30. The molecule has 0 atom stereocenters. The highest BCUT2D eigenvalue weighted by atomic mass is 32.2. The van der Waals surface area contributed by atoms with Crippen LogP contribution in [0.15, 0.2) is 44.7 Å². The van der Waals surface area contributed by atoms with E-state index in [1.165, 1.54) is 30.3 Å². The molecule has 0 unspecified atom stereocenters. The summed E-state index contributed by atoms with van der Waals surface area (Å²) < 4.78 is 5.05. The molecule has 0 aliphatic carbocycles. The van der Waals surface area contributed by atoms with E-state index in [9.17, 15) is 14.9 Å². The first-order chi connectivity index (χ1) is 9.51. The third kappa shape index (κ3) is 2.78. The Kier molecular flexibility index (Phi) is 3.72. The van der Waals surface area contributed by atoms with Gasteiger partial charge < -0.3 is 9.52 Å². The predicted octanol–water partition coefficient (Wildman–Crippen LogP) is 2.91. The summed E-state index contributed by atoms with van der Waals surface area (Å²) in [5, 5.41) is 28.6. The summed E-state index contributed by atoms with van der Waals surface area (Å²) in [4.78, 5) is 21.3. The Bertz CT molecular complexity index is 732. The maximum Gasteiger partial charge on any atom is 0.371 e. The van der Waals surface area contributed by atoms with Crippen LogP contribution in [-0.4, -0.2) is 16.0 Å². The second-order valence-electron chi connectivity index (χ2n) is 3.57. The number of carboxylic acids is 1. The maximum absolute atomic E-state index is 10.7. The summed E-state index contributed by atoms with van der Waals surface area (Å²) in [7, 11) is 0. The monoisotopic (exact) mass is 290 g/mol. The molecule has 0 bridgehead atoms. The molecule has 0 fully saturated rings. The zero-order valence-electron chi connectivity index (χ0n) is 9.77. The highest BCUT2D eigenvalue weighted by Crippen LogP contribution is 2.32. The molecule has 0 saturated heterocycles. The smallest absolute Gasteiger partial charge is 0.371 e. The Balaban J connectivity index is 2.28. The number of aromatic carboxylic acids is 1. The van der Waals surface area contributed by atoms with Gasteiger partial charge in [-0.05, 0) is 24.3 Å². The fraction of sp³-hybridized carbons (Fsp3) is 0. The Morgan fingerprint density at radius 2 is 2.15 bits per heavy atom. The molecule has 1 heterocycles.